The Morgan fingerprint density at radius 1 is 1.46 bits per heavy atom. The van der Waals surface area contributed by atoms with Gasteiger partial charge in [0.05, 0.1) is 6.61 Å². The molecule has 7 heteroatoms. The van der Waals surface area contributed by atoms with Crippen molar-refractivity contribution in [2.24, 2.45) is 0 Å². The number of hydrogen-bond donors (Lipinski definition) is 2. The van der Waals surface area contributed by atoms with Crippen molar-refractivity contribution < 1.29 is 9.47 Å². The minimum absolute atomic E-state index is 0.0313. The van der Waals surface area contributed by atoms with Crippen molar-refractivity contribution in [2.75, 3.05) is 18.5 Å². The van der Waals surface area contributed by atoms with Gasteiger partial charge in [0.25, 0.3) is 5.56 Å². The number of aromatic nitrogens is 2. The molecule has 0 bridgehead atoms. The number of nitriles is 1. The highest BCUT2D eigenvalue weighted by Gasteiger charge is 2.32. The van der Waals surface area contributed by atoms with E-state index in [9.17, 15) is 10.1 Å². The Labute approximate surface area is 152 Å². The summed E-state index contributed by atoms with van der Waals surface area (Å²) in [6.45, 7) is 6.55. The van der Waals surface area contributed by atoms with Crippen LogP contribution in [0, 0.1) is 18.3 Å². The van der Waals surface area contributed by atoms with E-state index in [1.54, 1.807) is 0 Å². The second-order valence-electron chi connectivity index (χ2n) is 6.85. The summed E-state index contributed by atoms with van der Waals surface area (Å²) >= 11 is 0. The minimum Gasteiger partial charge on any atom is -0.366 e. The second kappa shape index (κ2) is 7.28. The van der Waals surface area contributed by atoms with E-state index in [1.165, 1.54) is 0 Å². The summed E-state index contributed by atoms with van der Waals surface area (Å²) in [6.07, 6.45) is 0.311. The zero-order valence-corrected chi connectivity index (χ0v) is 15.1. The summed E-state index contributed by atoms with van der Waals surface area (Å²) in [5.74, 6) is 0.153. The Kier molecular flexibility index (Phi) is 5.07. The van der Waals surface area contributed by atoms with Gasteiger partial charge in [-0.1, -0.05) is 29.8 Å². The van der Waals surface area contributed by atoms with Crippen LogP contribution >= 0.6 is 0 Å². The van der Waals surface area contributed by atoms with Crippen molar-refractivity contribution in [3.63, 3.8) is 0 Å². The fourth-order valence-electron chi connectivity index (χ4n) is 2.92. The summed E-state index contributed by atoms with van der Waals surface area (Å²) in [6, 6.07) is 9.90. The fraction of sp³-hybridized carbons (Fsp3) is 0.421. The van der Waals surface area contributed by atoms with Crippen LogP contribution in [0.1, 0.15) is 36.4 Å². The normalized spacial score (nSPS) is 18.5. The van der Waals surface area contributed by atoms with Gasteiger partial charge in [0.1, 0.15) is 18.0 Å². The number of ether oxygens (including phenoxy) is 2. The average Bonchev–Trinajstić information content (AvgIpc) is 2.92. The highest BCUT2D eigenvalue weighted by Crippen LogP contribution is 2.22. The standard InChI is InChI=1S/C19H22N4O3/c1-12-5-4-6-13(7-12)8-16-22-17(15(9-20)18(24)23-16)21-10-14-11-25-19(2,3)26-14/h4-7,14H,8,10-11H2,1-3H3,(H2,21,22,23,24). The van der Waals surface area contributed by atoms with E-state index in [0.29, 0.717) is 25.4 Å². The van der Waals surface area contributed by atoms with Crippen LogP contribution in [-0.2, 0) is 15.9 Å². The predicted octanol–water partition coefficient (Wildman–Crippen LogP) is 2.10. The van der Waals surface area contributed by atoms with E-state index in [2.05, 4.69) is 15.3 Å². The third-order valence-electron chi connectivity index (χ3n) is 4.10. The summed E-state index contributed by atoms with van der Waals surface area (Å²) in [5.41, 5.74) is 1.70. The predicted molar refractivity (Wildman–Crippen MR) is 97.0 cm³/mol. The number of hydrogen-bond acceptors (Lipinski definition) is 6. The number of nitrogens with zero attached hydrogens (tertiary/aromatic N) is 2. The fourth-order valence-corrected chi connectivity index (χ4v) is 2.92. The van der Waals surface area contributed by atoms with Gasteiger partial charge in [-0.2, -0.15) is 5.26 Å². The molecule has 26 heavy (non-hydrogen) atoms. The molecule has 7 nitrogen and oxygen atoms in total. The Bertz CT molecular complexity index is 898. The first kappa shape index (κ1) is 18.1. The molecule has 1 aliphatic rings. The molecule has 0 saturated carbocycles. The van der Waals surface area contributed by atoms with Gasteiger partial charge in [-0.05, 0) is 26.3 Å². The Morgan fingerprint density at radius 3 is 2.92 bits per heavy atom. The molecule has 1 unspecified atom stereocenters. The van der Waals surface area contributed by atoms with Crippen LogP contribution in [0.3, 0.4) is 0 Å². The molecule has 1 aliphatic heterocycles. The second-order valence-corrected chi connectivity index (χ2v) is 6.85. The summed E-state index contributed by atoms with van der Waals surface area (Å²) in [4.78, 5) is 19.4. The molecule has 1 aromatic heterocycles. The van der Waals surface area contributed by atoms with E-state index in [4.69, 9.17) is 9.47 Å². The van der Waals surface area contributed by atoms with Gasteiger partial charge in [-0.3, -0.25) is 4.79 Å². The van der Waals surface area contributed by atoms with Gasteiger partial charge in [-0.15, -0.1) is 0 Å². The topological polar surface area (TPSA) is 100 Å². The monoisotopic (exact) mass is 354 g/mol. The molecule has 2 N–H and O–H groups in total. The smallest absolute Gasteiger partial charge is 0.271 e. The lowest BCUT2D eigenvalue weighted by Gasteiger charge is -2.17. The van der Waals surface area contributed by atoms with E-state index >= 15 is 0 Å². The third-order valence-corrected chi connectivity index (χ3v) is 4.10. The van der Waals surface area contributed by atoms with E-state index < -0.39 is 11.3 Å². The number of aromatic amines is 1. The maximum absolute atomic E-state index is 12.2. The number of benzene rings is 1. The SMILES string of the molecule is Cc1cccc(Cc2nc(NCC3COC(C)(C)O3)c(C#N)c(=O)[nH]2)c1. The van der Waals surface area contributed by atoms with Crippen LogP contribution in [0.2, 0.25) is 0 Å². The first-order valence-electron chi connectivity index (χ1n) is 8.51. The molecular weight excluding hydrogens is 332 g/mol. The Balaban J connectivity index is 1.79. The minimum atomic E-state index is -0.623. The van der Waals surface area contributed by atoms with Crippen molar-refractivity contribution in [3.8, 4) is 6.07 Å². The van der Waals surface area contributed by atoms with Crippen molar-refractivity contribution in [2.45, 2.75) is 39.1 Å². The van der Waals surface area contributed by atoms with Crippen LogP contribution in [0.5, 0.6) is 0 Å². The van der Waals surface area contributed by atoms with Gasteiger partial charge >= 0.3 is 0 Å². The maximum Gasteiger partial charge on any atom is 0.271 e. The highest BCUT2D eigenvalue weighted by molar-refractivity contribution is 5.50. The van der Waals surface area contributed by atoms with Crippen molar-refractivity contribution in [1.82, 2.24) is 9.97 Å². The first-order valence-corrected chi connectivity index (χ1v) is 8.51. The van der Waals surface area contributed by atoms with Crippen molar-refractivity contribution in [1.29, 1.82) is 5.26 Å². The Morgan fingerprint density at radius 2 is 2.27 bits per heavy atom. The van der Waals surface area contributed by atoms with Gasteiger partial charge in [-0.25, -0.2) is 4.98 Å². The van der Waals surface area contributed by atoms with Crippen LogP contribution in [0.4, 0.5) is 5.82 Å². The number of rotatable bonds is 5. The lowest BCUT2D eigenvalue weighted by atomic mass is 10.1. The van der Waals surface area contributed by atoms with E-state index in [0.717, 1.165) is 11.1 Å². The average molecular weight is 354 g/mol. The van der Waals surface area contributed by atoms with Crippen LogP contribution < -0.4 is 10.9 Å². The largest absolute Gasteiger partial charge is 0.366 e. The molecule has 1 saturated heterocycles. The zero-order chi connectivity index (χ0) is 18.7. The number of nitrogens with one attached hydrogen (secondary N) is 2. The summed E-state index contributed by atoms with van der Waals surface area (Å²) in [7, 11) is 0. The Hall–Kier alpha value is -2.69. The number of anilines is 1. The van der Waals surface area contributed by atoms with Crippen LogP contribution in [0.25, 0.3) is 0 Å². The van der Waals surface area contributed by atoms with Gasteiger partial charge < -0.3 is 19.8 Å². The van der Waals surface area contributed by atoms with Crippen molar-refractivity contribution in [3.05, 3.63) is 57.1 Å². The molecular formula is C19H22N4O3. The van der Waals surface area contributed by atoms with E-state index in [-0.39, 0.29) is 17.5 Å². The highest BCUT2D eigenvalue weighted by atomic mass is 16.7. The molecule has 1 aromatic carbocycles. The van der Waals surface area contributed by atoms with Crippen LogP contribution in [-0.4, -0.2) is 35.0 Å². The zero-order valence-electron chi connectivity index (χ0n) is 15.1. The van der Waals surface area contributed by atoms with Crippen molar-refractivity contribution >= 4 is 5.82 Å². The first-order chi connectivity index (χ1) is 12.4. The molecule has 0 spiro atoms. The lowest BCUT2D eigenvalue weighted by molar-refractivity contribution is -0.136. The quantitative estimate of drug-likeness (QED) is 0.853. The molecule has 0 amide bonds. The molecule has 0 radical (unpaired) electrons. The molecule has 2 heterocycles. The molecule has 1 atom stereocenters. The molecule has 136 valence electrons. The molecule has 1 fully saturated rings. The van der Waals surface area contributed by atoms with Gasteiger partial charge in [0, 0.05) is 13.0 Å². The van der Waals surface area contributed by atoms with Crippen LogP contribution in [0.15, 0.2) is 29.1 Å². The maximum atomic E-state index is 12.2. The summed E-state index contributed by atoms with van der Waals surface area (Å²) in [5, 5.41) is 12.3. The van der Waals surface area contributed by atoms with Gasteiger partial charge in [0.15, 0.2) is 17.2 Å². The summed E-state index contributed by atoms with van der Waals surface area (Å²) < 4.78 is 11.3. The number of aryl methyl sites for hydroxylation is 1. The lowest BCUT2D eigenvalue weighted by Crippen LogP contribution is -2.28. The molecule has 3 rings (SSSR count). The third kappa shape index (κ3) is 4.28. The van der Waals surface area contributed by atoms with Gasteiger partial charge in [0.2, 0.25) is 0 Å². The number of H-pyrrole nitrogens is 1. The molecule has 0 aliphatic carbocycles. The molecule has 2 aromatic rings. The van der Waals surface area contributed by atoms with E-state index in [1.807, 2.05) is 51.1 Å².